The van der Waals surface area contributed by atoms with Crippen LogP contribution in [0, 0.1) is 17.2 Å². The van der Waals surface area contributed by atoms with Crippen molar-refractivity contribution in [2.45, 2.75) is 32.1 Å². The van der Waals surface area contributed by atoms with Crippen LogP contribution >= 0.6 is 0 Å². The van der Waals surface area contributed by atoms with Crippen molar-refractivity contribution < 1.29 is 58.3 Å². The summed E-state index contributed by atoms with van der Waals surface area (Å²) < 4.78 is 0. The van der Waals surface area contributed by atoms with E-state index in [4.69, 9.17) is 5.26 Å². The first kappa shape index (κ1) is 23.1. The van der Waals surface area contributed by atoms with Crippen LogP contribution in [0.3, 0.4) is 0 Å². The zero-order valence-corrected chi connectivity index (χ0v) is 11.1. The molecule has 0 bridgehead atoms. The van der Waals surface area contributed by atoms with Gasteiger partial charge < -0.3 is 37.2 Å². The molecule has 0 aromatic heterocycles. The van der Waals surface area contributed by atoms with Crippen molar-refractivity contribution in [3.05, 3.63) is 0 Å². The van der Waals surface area contributed by atoms with E-state index in [0.717, 1.165) is 12.8 Å². The molecular weight excluding hydrogens is 400 g/mol. The number of hydrogen-bond acceptors (Lipinski definition) is 1. The predicted molar refractivity (Wildman–Crippen MR) is 32.2 cm³/mol. The summed E-state index contributed by atoms with van der Waals surface area (Å²) in [6.07, 6.45) is 6.20. The number of nitriles is 1. The van der Waals surface area contributed by atoms with Gasteiger partial charge in [-0.3, -0.25) is 0 Å². The summed E-state index contributed by atoms with van der Waals surface area (Å²) in [5.74, 6) is 0.392. The maximum Gasteiger partial charge on any atom is 2.00 e. The standard InChI is InChI=1S/C7H11N.3ClH.Pt/c8-6-7-4-2-1-3-5-7;;;;/h7H,1-5H2;3*1H;/q;;;;+2/p-3. The van der Waals surface area contributed by atoms with Crippen molar-refractivity contribution in [1.82, 2.24) is 0 Å². The van der Waals surface area contributed by atoms with Crippen molar-refractivity contribution in [3.63, 3.8) is 0 Å². The first-order valence-electron chi connectivity index (χ1n) is 3.33. The molecule has 76 valence electrons. The van der Waals surface area contributed by atoms with Gasteiger partial charge in [-0.2, -0.15) is 5.26 Å². The van der Waals surface area contributed by atoms with Crippen LogP contribution in [0.25, 0.3) is 0 Å². The summed E-state index contributed by atoms with van der Waals surface area (Å²) >= 11 is 0. The maximum atomic E-state index is 8.44. The van der Waals surface area contributed by atoms with Gasteiger partial charge in [0.15, 0.2) is 0 Å². The number of rotatable bonds is 0. The molecule has 1 aliphatic carbocycles. The van der Waals surface area contributed by atoms with Crippen LogP contribution < -0.4 is 37.2 Å². The Morgan fingerprint density at radius 2 is 1.33 bits per heavy atom. The van der Waals surface area contributed by atoms with Crippen LogP contribution in [0.4, 0.5) is 0 Å². The molecule has 1 nitrogen and oxygen atoms in total. The third-order valence-electron chi connectivity index (χ3n) is 1.79. The largest absolute Gasteiger partial charge is 2.00 e. The van der Waals surface area contributed by atoms with Crippen molar-refractivity contribution in [2.75, 3.05) is 0 Å². The van der Waals surface area contributed by atoms with Gasteiger partial charge in [-0.05, 0) is 12.8 Å². The summed E-state index contributed by atoms with van der Waals surface area (Å²) in [6.45, 7) is 0. The van der Waals surface area contributed by atoms with Gasteiger partial charge in [-0.1, -0.05) is 19.3 Å². The van der Waals surface area contributed by atoms with Crippen molar-refractivity contribution in [2.24, 2.45) is 5.92 Å². The molecule has 0 aromatic carbocycles. The van der Waals surface area contributed by atoms with E-state index in [1.165, 1.54) is 19.3 Å². The Bertz CT molecular complexity index is 110. The van der Waals surface area contributed by atoms with Gasteiger partial charge in [0.2, 0.25) is 0 Å². The van der Waals surface area contributed by atoms with Crippen molar-refractivity contribution in [3.8, 4) is 6.07 Å². The first-order chi connectivity index (χ1) is 3.93. The Kier molecular flexibility index (Phi) is 28.1. The molecule has 0 amide bonds. The van der Waals surface area contributed by atoms with E-state index in [1.807, 2.05) is 0 Å². The van der Waals surface area contributed by atoms with Gasteiger partial charge in [0, 0.05) is 5.92 Å². The third kappa shape index (κ3) is 9.14. The van der Waals surface area contributed by atoms with Gasteiger partial charge in [0.1, 0.15) is 0 Å². The van der Waals surface area contributed by atoms with E-state index in [-0.39, 0.29) is 58.3 Å². The number of hydrogen-bond donors (Lipinski definition) is 0. The second kappa shape index (κ2) is 14.6. The third-order valence-corrected chi connectivity index (χ3v) is 1.79. The average Bonchev–Trinajstić information content (AvgIpc) is 1.90. The van der Waals surface area contributed by atoms with Gasteiger partial charge in [0.05, 0.1) is 6.07 Å². The molecule has 1 aliphatic rings. The Labute approximate surface area is 107 Å². The number of halogens is 3. The Balaban J connectivity index is -0.0000000800. The van der Waals surface area contributed by atoms with E-state index in [1.54, 1.807) is 0 Å². The molecule has 0 N–H and O–H groups in total. The second-order valence-corrected chi connectivity index (χ2v) is 2.46. The zero-order chi connectivity index (χ0) is 5.82. The zero-order valence-electron chi connectivity index (χ0n) is 6.51. The van der Waals surface area contributed by atoms with E-state index in [9.17, 15) is 0 Å². The summed E-state index contributed by atoms with van der Waals surface area (Å²) in [7, 11) is 0. The molecule has 0 atom stereocenters. The minimum absolute atomic E-state index is 0. The summed E-state index contributed by atoms with van der Waals surface area (Å²) in [4.78, 5) is 0. The second-order valence-electron chi connectivity index (χ2n) is 2.46. The molecule has 1 fully saturated rings. The topological polar surface area (TPSA) is 23.8 Å². The Hall–Kier alpha value is 1.05. The Morgan fingerprint density at radius 3 is 1.58 bits per heavy atom. The van der Waals surface area contributed by atoms with E-state index >= 15 is 0 Å². The quantitative estimate of drug-likeness (QED) is 0.390. The van der Waals surface area contributed by atoms with Crippen LogP contribution in [-0.2, 0) is 21.1 Å². The fraction of sp³-hybridized carbons (Fsp3) is 0.857. The predicted octanol–water partition coefficient (Wildman–Crippen LogP) is -6.90. The molecule has 0 aliphatic heterocycles. The summed E-state index contributed by atoms with van der Waals surface area (Å²) in [6, 6.07) is 2.30. The fourth-order valence-electron chi connectivity index (χ4n) is 1.23. The van der Waals surface area contributed by atoms with Crippen LogP contribution in [-0.4, -0.2) is 0 Å². The molecule has 1 saturated carbocycles. The molecule has 0 spiro atoms. The minimum atomic E-state index is 0. The normalized spacial score (nSPS) is 14.9. The van der Waals surface area contributed by atoms with E-state index in [0.29, 0.717) is 5.92 Å². The van der Waals surface area contributed by atoms with Crippen molar-refractivity contribution >= 4 is 0 Å². The molecular formula is C7H11Cl3NPt-. The number of nitrogens with zero attached hydrogens (tertiary/aromatic N) is 1. The molecule has 0 heterocycles. The average molecular weight is 411 g/mol. The van der Waals surface area contributed by atoms with Gasteiger partial charge in [-0.15, -0.1) is 0 Å². The molecule has 0 saturated heterocycles. The maximum absolute atomic E-state index is 8.44. The molecule has 0 unspecified atom stereocenters. The first-order valence-corrected chi connectivity index (χ1v) is 3.33. The molecule has 5 heteroatoms. The molecule has 0 radical (unpaired) electrons. The Morgan fingerprint density at radius 1 is 0.917 bits per heavy atom. The minimum Gasteiger partial charge on any atom is -1.00 e. The smallest absolute Gasteiger partial charge is 1.00 e. The van der Waals surface area contributed by atoms with Gasteiger partial charge in [-0.25, -0.2) is 0 Å². The van der Waals surface area contributed by atoms with Crippen LogP contribution in [0.2, 0.25) is 0 Å². The van der Waals surface area contributed by atoms with E-state index < -0.39 is 0 Å². The monoisotopic (exact) mass is 409 g/mol. The van der Waals surface area contributed by atoms with Crippen LogP contribution in [0.15, 0.2) is 0 Å². The van der Waals surface area contributed by atoms with Crippen molar-refractivity contribution in [1.29, 1.82) is 5.26 Å². The van der Waals surface area contributed by atoms with Crippen LogP contribution in [0.5, 0.6) is 0 Å². The SMILES string of the molecule is N#CC1CCCCC1.[Cl-].[Cl-].[Cl-].[Pt+2]. The summed E-state index contributed by atoms with van der Waals surface area (Å²) in [5, 5.41) is 8.44. The summed E-state index contributed by atoms with van der Waals surface area (Å²) in [5.41, 5.74) is 0. The van der Waals surface area contributed by atoms with E-state index in [2.05, 4.69) is 6.07 Å². The molecule has 1 rings (SSSR count). The van der Waals surface area contributed by atoms with Crippen LogP contribution in [0.1, 0.15) is 32.1 Å². The molecule has 12 heavy (non-hydrogen) atoms. The van der Waals surface area contributed by atoms with Gasteiger partial charge >= 0.3 is 21.1 Å². The van der Waals surface area contributed by atoms with Gasteiger partial charge in [0.25, 0.3) is 0 Å². The molecule has 0 aromatic rings. The fourth-order valence-corrected chi connectivity index (χ4v) is 1.23.